The number of carbonyl (C=O) groups is 1. The lowest BCUT2D eigenvalue weighted by atomic mass is 10.1. The number of nitrogens with one attached hydrogen (secondary N) is 1. The van der Waals surface area contributed by atoms with E-state index in [9.17, 15) is 18.0 Å². The molecule has 1 N–H and O–H groups in total. The van der Waals surface area contributed by atoms with E-state index in [1.165, 1.54) is 12.1 Å². The molecule has 2 aromatic rings. The number of nitrogens with zero attached hydrogens (tertiary/aromatic N) is 2. The van der Waals surface area contributed by atoms with E-state index in [0.29, 0.717) is 49.7 Å². The summed E-state index contributed by atoms with van der Waals surface area (Å²) in [4.78, 5) is 16.8. The molecular formula is C22H26F3N3O2. The Morgan fingerprint density at radius 3 is 2.47 bits per heavy atom. The van der Waals surface area contributed by atoms with Gasteiger partial charge < -0.3 is 10.1 Å². The van der Waals surface area contributed by atoms with Crippen molar-refractivity contribution in [2.75, 3.05) is 38.6 Å². The number of ether oxygens (including phenoxy) is 1. The second kappa shape index (κ2) is 9.49. The Morgan fingerprint density at radius 1 is 1.10 bits per heavy atom. The minimum atomic E-state index is -4.33. The molecule has 1 aliphatic heterocycles. The van der Waals surface area contributed by atoms with Crippen molar-refractivity contribution in [1.29, 1.82) is 0 Å². The van der Waals surface area contributed by atoms with Crippen molar-refractivity contribution >= 4 is 11.6 Å². The number of benzene rings is 2. The van der Waals surface area contributed by atoms with Gasteiger partial charge in [-0.05, 0) is 30.7 Å². The van der Waals surface area contributed by atoms with Gasteiger partial charge in [0.05, 0.1) is 24.4 Å². The third kappa shape index (κ3) is 5.52. The van der Waals surface area contributed by atoms with Crippen LogP contribution in [0.15, 0.2) is 48.5 Å². The highest BCUT2D eigenvalue weighted by Crippen LogP contribution is 2.30. The summed E-state index contributed by atoms with van der Waals surface area (Å²) in [5.41, 5.74) is 0.639. The minimum Gasteiger partial charge on any atom is -0.495 e. The summed E-state index contributed by atoms with van der Waals surface area (Å²) in [6, 6.07) is 12.4. The predicted octanol–water partition coefficient (Wildman–Crippen LogP) is 3.86. The van der Waals surface area contributed by atoms with Crippen LogP contribution in [0.25, 0.3) is 0 Å². The number of methoxy groups -OCH3 is 1. The van der Waals surface area contributed by atoms with Crippen molar-refractivity contribution in [1.82, 2.24) is 9.80 Å². The summed E-state index contributed by atoms with van der Waals surface area (Å²) in [7, 11) is 1.55. The summed E-state index contributed by atoms with van der Waals surface area (Å²) in [6.45, 7) is 5.01. The Bertz CT molecular complexity index is 865. The third-order valence-electron chi connectivity index (χ3n) is 5.36. The number of amides is 1. The molecule has 1 atom stereocenters. The van der Waals surface area contributed by atoms with E-state index in [2.05, 4.69) is 15.1 Å². The summed E-state index contributed by atoms with van der Waals surface area (Å²) in [5.74, 6) is 0.481. The average Bonchev–Trinajstić information content (AvgIpc) is 2.74. The van der Waals surface area contributed by atoms with Crippen LogP contribution in [0.3, 0.4) is 0 Å². The predicted molar refractivity (Wildman–Crippen MR) is 109 cm³/mol. The third-order valence-corrected chi connectivity index (χ3v) is 5.36. The van der Waals surface area contributed by atoms with Crippen LogP contribution in [0.2, 0.25) is 0 Å². The molecule has 1 amide bonds. The lowest BCUT2D eigenvalue weighted by molar-refractivity contribution is -0.137. The zero-order valence-electron chi connectivity index (χ0n) is 17.1. The molecular weight excluding hydrogens is 395 g/mol. The second-order valence-electron chi connectivity index (χ2n) is 7.38. The Morgan fingerprint density at radius 2 is 1.80 bits per heavy atom. The maximum Gasteiger partial charge on any atom is 0.416 e. The van der Waals surface area contributed by atoms with Crippen molar-refractivity contribution in [2.24, 2.45) is 0 Å². The van der Waals surface area contributed by atoms with Crippen LogP contribution < -0.4 is 10.1 Å². The Hall–Kier alpha value is -2.58. The number of hydrogen-bond acceptors (Lipinski definition) is 4. The molecule has 0 unspecified atom stereocenters. The lowest BCUT2D eigenvalue weighted by Crippen LogP contribution is -2.52. The topological polar surface area (TPSA) is 44.8 Å². The second-order valence-corrected chi connectivity index (χ2v) is 7.38. The van der Waals surface area contributed by atoms with Gasteiger partial charge in [0.1, 0.15) is 5.75 Å². The molecule has 0 saturated carbocycles. The number of piperazine rings is 1. The monoisotopic (exact) mass is 421 g/mol. The first-order valence-electron chi connectivity index (χ1n) is 9.84. The van der Waals surface area contributed by atoms with Crippen LogP contribution in [0.4, 0.5) is 18.9 Å². The molecule has 30 heavy (non-hydrogen) atoms. The molecule has 0 aliphatic carbocycles. The molecule has 1 fully saturated rings. The van der Waals surface area contributed by atoms with E-state index in [-0.39, 0.29) is 11.9 Å². The van der Waals surface area contributed by atoms with Gasteiger partial charge in [-0.25, -0.2) is 0 Å². The molecule has 3 rings (SSSR count). The van der Waals surface area contributed by atoms with Gasteiger partial charge in [-0.1, -0.05) is 30.3 Å². The quantitative estimate of drug-likeness (QED) is 0.770. The van der Waals surface area contributed by atoms with E-state index >= 15 is 0 Å². The first kappa shape index (κ1) is 22.1. The lowest BCUT2D eigenvalue weighted by Gasteiger charge is -2.37. The van der Waals surface area contributed by atoms with Gasteiger partial charge in [0.2, 0.25) is 5.91 Å². The van der Waals surface area contributed by atoms with Gasteiger partial charge in [0.25, 0.3) is 0 Å². The van der Waals surface area contributed by atoms with Crippen LogP contribution in [0.5, 0.6) is 5.75 Å². The van der Waals surface area contributed by atoms with E-state index in [4.69, 9.17) is 4.74 Å². The molecule has 5 nitrogen and oxygen atoms in total. The normalized spacial score (nSPS) is 16.8. The van der Waals surface area contributed by atoms with Crippen molar-refractivity contribution in [2.45, 2.75) is 25.7 Å². The Labute approximate surface area is 174 Å². The molecule has 2 aromatic carbocycles. The number of hydrogen-bond donors (Lipinski definition) is 1. The highest BCUT2D eigenvalue weighted by Gasteiger charge is 2.31. The Kier molecular flexibility index (Phi) is 6.99. The zero-order chi connectivity index (χ0) is 21.7. The summed E-state index contributed by atoms with van der Waals surface area (Å²) < 4.78 is 44.0. The van der Waals surface area contributed by atoms with Crippen LogP contribution in [-0.2, 0) is 17.5 Å². The van der Waals surface area contributed by atoms with E-state index in [1.54, 1.807) is 25.3 Å². The number of carbonyl (C=O) groups excluding carboxylic acids is 1. The molecule has 1 heterocycles. The van der Waals surface area contributed by atoms with Crippen molar-refractivity contribution in [3.63, 3.8) is 0 Å². The maximum absolute atomic E-state index is 12.9. The zero-order valence-corrected chi connectivity index (χ0v) is 17.1. The molecule has 8 heteroatoms. The fourth-order valence-corrected chi connectivity index (χ4v) is 3.56. The SMILES string of the molecule is COc1ccccc1NC(=O)[C@H](C)N1CCN(Cc2cccc(C(F)(F)F)c2)CC1. The van der Waals surface area contributed by atoms with Crippen LogP contribution >= 0.6 is 0 Å². The first-order chi connectivity index (χ1) is 14.3. The minimum absolute atomic E-state index is 0.120. The van der Waals surface area contributed by atoms with Crippen molar-refractivity contribution < 1.29 is 22.7 Å². The standard InChI is InChI=1S/C22H26F3N3O2/c1-16(21(29)26-19-8-3-4-9-20(19)30-2)28-12-10-27(11-13-28)15-17-6-5-7-18(14-17)22(23,24)25/h3-9,14,16H,10-13,15H2,1-2H3,(H,26,29)/t16-/m0/s1. The van der Waals surface area contributed by atoms with Crippen LogP contribution in [0, 0.1) is 0 Å². The van der Waals surface area contributed by atoms with Gasteiger partial charge in [0, 0.05) is 32.7 Å². The van der Waals surface area contributed by atoms with Crippen molar-refractivity contribution in [3.05, 3.63) is 59.7 Å². The maximum atomic E-state index is 12.9. The molecule has 0 aromatic heterocycles. The van der Waals surface area contributed by atoms with Gasteiger partial charge in [-0.15, -0.1) is 0 Å². The number of alkyl halides is 3. The highest BCUT2D eigenvalue weighted by molar-refractivity contribution is 5.95. The molecule has 1 aliphatic rings. The van der Waals surface area contributed by atoms with Gasteiger partial charge >= 0.3 is 6.18 Å². The largest absolute Gasteiger partial charge is 0.495 e. The van der Waals surface area contributed by atoms with Crippen LogP contribution in [-0.4, -0.2) is 55.0 Å². The average molecular weight is 421 g/mol. The van der Waals surface area contributed by atoms with Gasteiger partial charge in [-0.3, -0.25) is 14.6 Å². The van der Waals surface area contributed by atoms with E-state index in [1.807, 2.05) is 19.1 Å². The molecule has 0 radical (unpaired) electrons. The molecule has 0 bridgehead atoms. The van der Waals surface area contributed by atoms with Crippen molar-refractivity contribution in [3.8, 4) is 5.75 Å². The van der Waals surface area contributed by atoms with Crippen LogP contribution in [0.1, 0.15) is 18.1 Å². The fourth-order valence-electron chi connectivity index (χ4n) is 3.56. The fraction of sp³-hybridized carbons (Fsp3) is 0.409. The number of anilines is 1. The number of para-hydroxylation sites is 2. The summed E-state index contributed by atoms with van der Waals surface area (Å²) in [5, 5.41) is 2.90. The van der Waals surface area contributed by atoms with Gasteiger partial charge in [0.15, 0.2) is 0 Å². The smallest absolute Gasteiger partial charge is 0.416 e. The first-order valence-corrected chi connectivity index (χ1v) is 9.84. The summed E-state index contributed by atoms with van der Waals surface area (Å²) in [6.07, 6.45) is -4.33. The Balaban J connectivity index is 1.53. The molecule has 162 valence electrons. The van der Waals surface area contributed by atoms with E-state index in [0.717, 1.165) is 6.07 Å². The van der Waals surface area contributed by atoms with Gasteiger partial charge in [-0.2, -0.15) is 13.2 Å². The number of halogens is 3. The summed E-state index contributed by atoms with van der Waals surface area (Å²) >= 11 is 0. The molecule has 1 saturated heterocycles. The number of rotatable bonds is 6. The molecule has 0 spiro atoms. The highest BCUT2D eigenvalue weighted by atomic mass is 19.4. The van der Waals surface area contributed by atoms with E-state index < -0.39 is 11.7 Å².